The first kappa shape index (κ1) is 38.5. The molecule has 2 aliphatic rings. The molecule has 0 saturated carbocycles. The first-order valence-electron chi connectivity index (χ1n) is 16.4. The Bertz CT molecular complexity index is 1640. The van der Waals surface area contributed by atoms with Gasteiger partial charge in [0.15, 0.2) is 29.3 Å². The fourth-order valence-electron chi connectivity index (χ4n) is 6.31. The fraction of sp³-hybridized carbons (Fsp3) is 0.432. The van der Waals surface area contributed by atoms with Crippen LogP contribution in [0, 0.1) is 11.8 Å². The number of esters is 1. The van der Waals surface area contributed by atoms with Crippen molar-refractivity contribution in [2.75, 3.05) is 48.3 Å². The Morgan fingerprint density at radius 1 is 0.788 bits per heavy atom. The maximum Gasteiger partial charge on any atom is 0.330 e. The molecule has 0 radical (unpaired) electrons. The number of phenols is 3. The third-order valence-electron chi connectivity index (χ3n) is 9.17. The van der Waals surface area contributed by atoms with Crippen molar-refractivity contribution in [1.82, 2.24) is 0 Å². The van der Waals surface area contributed by atoms with Crippen molar-refractivity contribution in [2.45, 2.75) is 43.2 Å². The van der Waals surface area contributed by atoms with Crippen molar-refractivity contribution >= 4 is 12.0 Å². The zero-order valence-corrected chi connectivity index (χ0v) is 29.1. The van der Waals surface area contributed by atoms with Gasteiger partial charge in [0.2, 0.25) is 11.5 Å². The molecule has 6 N–H and O–H groups in total. The van der Waals surface area contributed by atoms with Crippen LogP contribution in [0.15, 0.2) is 54.6 Å². The molecule has 15 nitrogen and oxygen atoms in total. The van der Waals surface area contributed by atoms with Gasteiger partial charge in [-0.3, -0.25) is 0 Å². The van der Waals surface area contributed by atoms with Gasteiger partial charge in [0.05, 0.1) is 47.8 Å². The molecule has 0 unspecified atom stereocenters. The number of phenolic OH excluding ortho intramolecular Hbond substituents is 3. The van der Waals surface area contributed by atoms with Crippen molar-refractivity contribution in [2.24, 2.45) is 11.8 Å². The van der Waals surface area contributed by atoms with E-state index in [4.69, 9.17) is 37.9 Å². The van der Waals surface area contributed by atoms with Crippen LogP contribution in [-0.2, 0) is 30.2 Å². The average molecular weight is 729 g/mol. The molecule has 2 heterocycles. The molecule has 5 rings (SSSR count). The van der Waals surface area contributed by atoms with Crippen LogP contribution in [0.4, 0.5) is 0 Å². The Kier molecular flexibility index (Phi) is 12.7. The van der Waals surface area contributed by atoms with E-state index in [1.807, 2.05) is 0 Å². The smallest absolute Gasteiger partial charge is 0.330 e. The maximum atomic E-state index is 12.4. The van der Waals surface area contributed by atoms with Gasteiger partial charge in [-0.1, -0.05) is 12.1 Å². The molecule has 52 heavy (non-hydrogen) atoms. The number of aliphatic hydroxyl groups excluding tert-OH is 3. The molecule has 3 aromatic carbocycles. The van der Waals surface area contributed by atoms with Gasteiger partial charge in [0.1, 0.15) is 36.8 Å². The summed E-state index contributed by atoms with van der Waals surface area (Å²) in [5, 5.41) is 62.6. The quantitative estimate of drug-likeness (QED) is 0.104. The fourth-order valence-corrected chi connectivity index (χ4v) is 6.31. The van der Waals surface area contributed by atoms with Crippen LogP contribution in [-0.4, -0.2) is 116 Å². The number of benzene rings is 3. The number of ether oxygens (including phenoxy) is 8. The summed E-state index contributed by atoms with van der Waals surface area (Å²) >= 11 is 0. The van der Waals surface area contributed by atoms with E-state index in [-0.39, 0.29) is 59.4 Å². The minimum absolute atomic E-state index is 0.0756. The highest BCUT2D eigenvalue weighted by atomic mass is 16.7. The van der Waals surface area contributed by atoms with E-state index in [0.717, 1.165) is 11.6 Å². The van der Waals surface area contributed by atoms with Crippen molar-refractivity contribution in [3.63, 3.8) is 0 Å². The van der Waals surface area contributed by atoms with E-state index in [1.165, 1.54) is 46.6 Å². The predicted molar refractivity (Wildman–Crippen MR) is 183 cm³/mol. The SMILES string of the molecule is COc1cc(C[C@H]2CO[C@H](c3cc(OC)c(O)c(OC)c3)[C@H]2CO[C@@H]2O[C@H](COC(=O)/C=C/c3ccc(O)cc3)[C@@H](O)[C@H](O)[C@H]2O)cc(OC)c1O. The second kappa shape index (κ2) is 17.2. The molecule has 2 aliphatic heterocycles. The molecule has 0 amide bonds. The molecule has 2 fully saturated rings. The number of carbonyl (C=O) groups excluding carboxylic acids is 1. The second-order valence-electron chi connectivity index (χ2n) is 12.4. The lowest BCUT2D eigenvalue weighted by molar-refractivity contribution is -0.304. The van der Waals surface area contributed by atoms with Gasteiger partial charge in [-0.2, -0.15) is 0 Å². The highest BCUT2D eigenvalue weighted by molar-refractivity contribution is 5.87. The van der Waals surface area contributed by atoms with Gasteiger partial charge in [-0.25, -0.2) is 4.79 Å². The largest absolute Gasteiger partial charge is 0.508 e. The van der Waals surface area contributed by atoms with Crippen LogP contribution in [0.1, 0.15) is 22.8 Å². The first-order valence-corrected chi connectivity index (χ1v) is 16.4. The average Bonchev–Trinajstić information content (AvgIpc) is 3.55. The van der Waals surface area contributed by atoms with Crippen LogP contribution in [0.5, 0.6) is 40.2 Å². The lowest BCUT2D eigenvalue weighted by atomic mass is 9.84. The Morgan fingerprint density at radius 2 is 1.37 bits per heavy atom. The van der Waals surface area contributed by atoms with Crippen LogP contribution >= 0.6 is 0 Å². The van der Waals surface area contributed by atoms with Gasteiger partial charge in [-0.05, 0) is 71.5 Å². The van der Waals surface area contributed by atoms with Crippen molar-refractivity contribution in [3.05, 3.63) is 71.3 Å². The van der Waals surface area contributed by atoms with E-state index < -0.39 is 55.3 Å². The Morgan fingerprint density at radius 3 is 1.94 bits per heavy atom. The summed E-state index contributed by atoms with van der Waals surface area (Å²) in [5.41, 5.74) is 2.01. The Labute approximate surface area is 300 Å². The zero-order chi connectivity index (χ0) is 37.5. The summed E-state index contributed by atoms with van der Waals surface area (Å²) in [6.45, 7) is -0.292. The molecule has 2 saturated heterocycles. The standard InChI is InChI=1S/C37H44O15/c1-45-25-12-20(13-26(46-2)31(25)40)11-22-16-50-36(21-14-27(47-3)32(41)28(15-21)48-4)24(22)17-51-37-35(44)34(43)33(42)29(52-37)18-49-30(39)10-7-19-5-8-23(38)9-6-19/h5-10,12-15,22,24,29,33-38,40-44H,11,16-18H2,1-4H3/b10-7+/t22-,24-,29+,33+,34-,35+,36+,37+/m0/s1. The van der Waals surface area contributed by atoms with Crippen LogP contribution in [0.25, 0.3) is 6.08 Å². The molecule has 3 aromatic rings. The first-order chi connectivity index (χ1) is 25.0. The predicted octanol–water partition coefficient (Wildman–Crippen LogP) is 2.47. The number of hydrogen-bond acceptors (Lipinski definition) is 15. The summed E-state index contributed by atoms with van der Waals surface area (Å²) in [4.78, 5) is 12.4. The number of carbonyl (C=O) groups is 1. The highest BCUT2D eigenvalue weighted by Gasteiger charge is 2.46. The van der Waals surface area contributed by atoms with E-state index in [1.54, 1.807) is 36.4 Å². The molecule has 15 heteroatoms. The third kappa shape index (κ3) is 8.63. The molecular formula is C37H44O15. The Hall–Kier alpha value is -4.77. The van der Waals surface area contributed by atoms with Gasteiger partial charge < -0.3 is 68.5 Å². The van der Waals surface area contributed by atoms with Gasteiger partial charge in [-0.15, -0.1) is 0 Å². The lowest BCUT2D eigenvalue weighted by Gasteiger charge is -2.40. The van der Waals surface area contributed by atoms with Crippen LogP contribution < -0.4 is 18.9 Å². The monoisotopic (exact) mass is 728 g/mol. The van der Waals surface area contributed by atoms with Crippen molar-refractivity contribution in [3.8, 4) is 40.2 Å². The number of aliphatic hydroxyl groups is 3. The minimum atomic E-state index is -1.69. The van der Waals surface area contributed by atoms with E-state index in [0.29, 0.717) is 17.5 Å². The molecule has 0 spiro atoms. The minimum Gasteiger partial charge on any atom is -0.508 e. The second-order valence-corrected chi connectivity index (χ2v) is 12.4. The molecular weight excluding hydrogens is 684 g/mol. The summed E-state index contributed by atoms with van der Waals surface area (Å²) in [6.07, 6.45) is -5.22. The molecule has 282 valence electrons. The van der Waals surface area contributed by atoms with Crippen molar-refractivity contribution in [1.29, 1.82) is 0 Å². The number of methoxy groups -OCH3 is 4. The molecule has 0 aromatic heterocycles. The Balaban J connectivity index is 1.34. The van der Waals surface area contributed by atoms with Gasteiger partial charge in [0, 0.05) is 12.0 Å². The summed E-state index contributed by atoms with van der Waals surface area (Å²) in [7, 11) is 5.67. The lowest BCUT2D eigenvalue weighted by Crippen LogP contribution is -2.59. The van der Waals surface area contributed by atoms with Crippen LogP contribution in [0.3, 0.4) is 0 Å². The molecule has 0 aliphatic carbocycles. The maximum absolute atomic E-state index is 12.4. The van der Waals surface area contributed by atoms with Crippen LogP contribution in [0.2, 0.25) is 0 Å². The number of hydrogen-bond donors (Lipinski definition) is 6. The normalized spacial score (nSPS) is 25.9. The van der Waals surface area contributed by atoms with Gasteiger partial charge in [0.25, 0.3) is 0 Å². The summed E-state index contributed by atoms with van der Waals surface area (Å²) < 4.78 is 44.9. The molecule has 8 atom stereocenters. The summed E-state index contributed by atoms with van der Waals surface area (Å²) in [6, 6.07) is 12.8. The van der Waals surface area contributed by atoms with E-state index in [9.17, 15) is 35.4 Å². The summed E-state index contributed by atoms with van der Waals surface area (Å²) in [5.74, 6) is -0.916. The number of aromatic hydroxyl groups is 3. The zero-order valence-electron chi connectivity index (χ0n) is 29.1. The van der Waals surface area contributed by atoms with Crippen molar-refractivity contribution < 1.29 is 73.3 Å². The third-order valence-corrected chi connectivity index (χ3v) is 9.17. The highest BCUT2D eigenvalue weighted by Crippen LogP contribution is 2.47. The molecule has 0 bridgehead atoms. The van der Waals surface area contributed by atoms with Gasteiger partial charge >= 0.3 is 5.97 Å². The number of rotatable bonds is 14. The van der Waals surface area contributed by atoms with E-state index in [2.05, 4.69) is 0 Å². The van der Waals surface area contributed by atoms with E-state index >= 15 is 0 Å². The topological polar surface area (TPSA) is 212 Å².